The highest BCUT2D eigenvalue weighted by Gasteiger charge is 2.35. The van der Waals surface area contributed by atoms with Crippen molar-refractivity contribution in [3.63, 3.8) is 0 Å². The molecule has 0 aliphatic carbocycles. The third-order valence-electron chi connectivity index (χ3n) is 3.97. The molecule has 0 spiro atoms. The van der Waals surface area contributed by atoms with Crippen molar-refractivity contribution in [2.24, 2.45) is 5.92 Å². The van der Waals surface area contributed by atoms with Gasteiger partial charge in [0.1, 0.15) is 11.8 Å². The van der Waals surface area contributed by atoms with Gasteiger partial charge in [0.25, 0.3) is 0 Å². The van der Waals surface area contributed by atoms with Gasteiger partial charge in [-0.3, -0.25) is 9.59 Å². The van der Waals surface area contributed by atoms with Crippen LogP contribution in [0, 0.1) is 19.8 Å². The summed E-state index contributed by atoms with van der Waals surface area (Å²) in [6.45, 7) is 8.11. The SMILES string of the molecule is CCC(C)C1NC(=O)CN(Cc2c(C)noc2C)C1=O. The number of aromatic nitrogens is 1. The van der Waals surface area contributed by atoms with Crippen molar-refractivity contribution in [1.82, 2.24) is 15.4 Å². The molecule has 2 atom stereocenters. The minimum atomic E-state index is -0.429. The minimum absolute atomic E-state index is 0.0287. The second kappa shape index (κ2) is 5.64. The van der Waals surface area contributed by atoms with Crippen LogP contribution in [0.2, 0.25) is 0 Å². The topological polar surface area (TPSA) is 75.4 Å². The molecule has 1 aromatic heterocycles. The fourth-order valence-corrected chi connectivity index (χ4v) is 2.40. The molecule has 0 radical (unpaired) electrons. The molecule has 110 valence electrons. The van der Waals surface area contributed by atoms with Crippen molar-refractivity contribution >= 4 is 11.8 Å². The number of nitrogens with zero attached hydrogens (tertiary/aromatic N) is 2. The first-order valence-corrected chi connectivity index (χ1v) is 6.94. The maximum absolute atomic E-state index is 12.5. The van der Waals surface area contributed by atoms with Crippen LogP contribution in [0.3, 0.4) is 0 Å². The van der Waals surface area contributed by atoms with Crippen molar-refractivity contribution in [1.29, 1.82) is 0 Å². The van der Waals surface area contributed by atoms with Gasteiger partial charge in [-0.2, -0.15) is 0 Å². The van der Waals surface area contributed by atoms with Crippen LogP contribution in [0.5, 0.6) is 0 Å². The molecule has 1 fully saturated rings. The lowest BCUT2D eigenvalue weighted by atomic mass is 9.96. The predicted octanol–water partition coefficient (Wildman–Crippen LogP) is 1.16. The molecular formula is C14H21N3O3. The quantitative estimate of drug-likeness (QED) is 0.897. The lowest BCUT2D eigenvalue weighted by molar-refractivity contribution is -0.146. The molecule has 1 saturated heterocycles. The van der Waals surface area contributed by atoms with Crippen LogP contribution in [-0.4, -0.2) is 34.5 Å². The number of amides is 2. The van der Waals surface area contributed by atoms with Crippen LogP contribution in [-0.2, 0) is 16.1 Å². The van der Waals surface area contributed by atoms with E-state index in [-0.39, 0.29) is 24.3 Å². The summed E-state index contributed by atoms with van der Waals surface area (Å²) >= 11 is 0. The molecule has 0 bridgehead atoms. The number of hydrogen-bond acceptors (Lipinski definition) is 4. The Morgan fingerprint density at radius 2 is 2.15 bits per heavy atom. The number of aryl methyl sites for hydroxylation is 2. The second-order valence-electron chi connectivity index (χ2n) is 5.43. The van der Waals surface area contributed by atoms with Gasteiger partial charge in [-0.15, -0.1) is 0 Å². The second-order valence-corrected chi connectivity index (χ2v) is 5.43. The number of carbonyl (C=O) groups is 2. The standard InChI is InChI=1S/C14H21N3O3/c1-5-8(2)13-14(19)17(7-12(18)15-13)6-11-9(3)16-20-10(11)4/h8,13H,5-7H2,1-4H3,(H,15,18). The number of nitrogens with one attached hydrogen (secondary N) is 1. The van der Waals surface area contributed by atoms with Crippen molar-refractivity contribution in [3.05, 3.63) is 17.0 Å². The molecule has 0 saturated carbocycles. The monoisotopic (exact) mass is 279 g/mol. The van der Waals surface area contributed by atoms with Gasteiger partial charge >= 0.3 is 0 Å². The maximum atomic E-state index is 12.5. The van der Waals surface area contributed by atoms with Gasteiger partial charge in [-0.1, -0.05) is 25.4 Å². The van der Waals surface area contributed by atoms with Gasteiger partial charge in [0.05, 0.1) is 18.8 Å². The lowest BCUT2D eigenvalue weighted by Gasteiger charge is -2.35. The van der Waals surface area contributed by atoms with Crippen molar-refractivity contribution < 1.29 is 14.1 Å². The summed E-state index contributed by atoms with van der Waals surface area (Å²) in [7, 11) is 0. The number of piperazine rings is 1. The van der Waals surface area contributed by atoms with Crippen LogP contribution in [0.25, 0.3) is 0 Å². The van der Waals surface area contributed by atoms with E-state index in [2.05, 4.69) is 10.5 Å². The third-order valence-corrected chi connectivity index (χ3v) is 3.97. The van der Waals surface area contributed by atoms with E-state index in [9.17, 15) is 9.59 Å². The molecule has 1 N–H and O–H groups in total. The Morgan fingerprint density at radius 1 is 1.45 bits per heavy atom. The van der Waals surface area contributed by atoms with Crippen molar-refractivity contribution in [3.8, 4) is 0 Å². The van der Waals surface area contributed by atoms with Gasteiger partial charge in [0, 0.05) is 5.56 Å². The largest absolute Gasteiger partial charge is 0.361 e. The maximum Gasteiger partial charge on any atom is 0.246 e. The van der Waals surface area contributed by atoms with Gasteiger partial charge in [0.2, 0.25) is 11.8 Å². The molecule has 2 unspecified atom stereocenters. The zero-order chi connectivity index (χ0) is 14.9. The lowest BCUT2D eigenvalue weighted by Crippen LogP contribution is -2.59. The minimum Gasteiger partial charge on any atom is -0.361 e. The summed E-state index contributed by atoms with van der Waals surface area (Å²) in [6.07, 6.45) is 0.843. The summed E-state index contributed by atoms with van der Waals surface area (Å²) in [6, 6.07) is -0.429. The summed E-state index contributed by atoms with van der Waals surface area (Å²) in [5.74, 6) is 0.681. The van der Waals surface area contributed by atoms with Gasteiger partial charge in [-0.05, 0) is 19.8 Å². The Hall–Kier alpha value is -1.85. The molecule has 1 aromatic rings. The van der Waals surface area contributed by atoms with E-state index in [1.807, 2.05) is 27.7 Å². The first-order chi connectivity index (χ1) is 9.43. The van der Waals surface area contributed by atoms with E-state index >= 15 is 0 Å². The fraction of sp³-hybridized carbons (Fsp3) is 0.643. The van der Waals surface area contributed by atoms with E-state index in [4.69, 9.17) is 4.52 Å². The van der Waals surface area contributed by atoms with Crippen LogP contribution >= 0.6 is 0 Å². The molecule has 2 rings (SSSR count). The van der Waals surface area contributed by atoms with Gasteiger partial charge < -0.3 is 14.7 Å². The summed E-state index contributed by atoms with van der Waals surface area (Å²) in [4.78, 5) is 25.9. The average molecular weight is 279 g/mol. The van der Waals surface area contributed by atoms with E-state index < -0.39 is 6.04 Å². The Bertz CT molecular complexity index is 504. The summed E-state index contributed by atoms with van der Waals surface area (Å²) in [5, 5.41) is 6.67. The molecule has 6 heteroatoms. The Kier molecular flexibility index (Phi) is 4.11. The van der Waals surface area contributed by atoms with Crippen molar-refractivity contribution in [2.75, 3.05) is 6.54 Å². The highest BCUT2D eigenvalue weighted by Crippen LogP contribution is 2.19. The number of rotatable bonds is 4. The molecule has 20 heavy (non-hydrogen) atoms. The molecule has 1 aliphatic heterocycles. The van der Waals surface area contributed by atoms with Crippen molar-refractivity contribution in [2.45, 2.75) is 46.7 Å². The fourth-order valence-electron chi connectivity index (χ4n) is 2.40. The zero-order valence-corrected chi connectivity index (χ0v) is 12.4. The normalized spacial score (nSPS) is 21.0. The third kappa shape index (κ3) is 2.69. The molecule has 2 heterocycles. The average Bonchev–Trinajstić information content (AvgIpc) is 2.73. The van der Waals surface area contributed by atoms with E-state index in [0.717, 1.165) is 17.7 Å². The van der Waals surface area contributed by atoms with Gasteiger partial charge in [0.15, 0.2) is 0 Å². The van der Waals surface area contributed by atoms with Crippen LogP contribution in [0.4, 0.5) is 0 Å². The Labute approximate surface area is 118 Å². The molecule has 1 aliphatic rings. The van der Waals surface area contributed by atoms with Gasteiger partial charge in [-0.25, -0.2) is 0 Å². The smallest absolute Gasteiger partial charge is 0.246 e. The Balaban J connectivity index is 2.18. The molecular weight excluding hydrogens is 258 g/mol. The highest BCUT2D eigenvalue weighted by molar-refractivity contribution is 5.95. The van der Waals surface area contributed by atoms with Crippen LogP contribution < -0.4 is 5.32 Å². The molecule has 6 nitrogen and oxygen atoms in total. The van der Waals surface area contributed by atoms with Crippen LogP contribution in [0.1, 0.15) is 37.3 Å². The first kappa shape index (κ1) is 14.6. The number of hydrogen-bond donors (Lipinski definition) is 1. The van der Waals surface area contributed by atoms with E-state index in [1.165, 1.54) is 0 Å². The van der Waals surface area contributed by atoms with Crippen LogP contribution in [0.15, 0.2) is 4.52 Å². The first-order valence-electron chi connectivity index (χ1n) is 6.94. The summed E-state index contributed by atoms with van der Waals surface area (Å²) in [5.41, 5.74) is 1.65. The van der Waals surface area contributed by atoms with E-state index in [0.29, 0.717) is 12.3 Å². The Morgan fingerprint density at radius 3 is 2.70 bits per heavy atom. The predicted molar refractivity (Wildman–Crippen MR) is 72.8 cm³/mol. The van der Waals surface area contributed by atoms with E-state index in [1.54, 1.807) is 4.90 Å². The number of carbonyl (C=O) groups excluding carboxylic acids is 2. The summed E-state index contributed by atoms with van der Waals surface area (Å²) < 4.78 is 5.11. The zero-order valence-electron chi connectivity index (χ0n) is 12.4. The highest BCUT2D eigenvalue weighted by atomic mass is 16.5. The molecule has 2 amide bonds. The molecule has 0 aromatic carbocycles.